The lowest BCUT2D eigenvalue weighted by Crippen LogP contribution is -2.44. The van der Waals surface area contributed by atoms with Gasteiger partial charge in [-0.3, -0.25) is 0 Å². The Labute approximate surface area is 180 Å². The predicted molar refractivity (Wildman–Crippen MR) is 120 cm³/mol. The fraction of sp³-hybridized carbons (Fsp3) is 0.471. The van der Waals surface area contributed by atoms with Crippen molar-refractivity contribution >= 4 is 58.7 Å². The van der Waals surface area contributed by atoms with E-state index >= 15 is 0 Å². The van der Waals surface area contributed by atoms with Gasteiger partial charge >= 0.3 is 0 Å². The fourth-order valence-corrected chi connectivity index (χ4v) is 3.79. The summed E-state index contributed by atoms with van der Waals surface area (Å²) in [4.78, 5) is 16.7. The van der Waals surface area contributed by atoms with Crippen molar-refractivity contribution in [3.05, 3.63) is 39.4 Å². The molecule has 0 aliphatic carbocycles. The zero-order chi connectivity index (χ0) is 17.6. The molecule has 9 heteroatoms. The molecule has 0 amide bonds. The molecule has 0 saturated carbocycles. The number of nitrogens with one attached hydrogen (secondary N) is 2. The number of rotatable bonds is 5. The summed E-state index contributed by atoms with van der Waals surface area (Å²) in [5.74, 6) is 1.70. The first-order valence-electron chi connectivity index (χ1n) is 8.47. The van der Waals surface area contributed by atoms with E-state index in [4.69, 9.17) is 11.6 Å². The molecule has 1 saturated heterocycles. The maximum atomic E-state index is 6.26. The van der Waals surface area contributed by atoms with Crippen LogP contribution in [0.4, 0.5) is 5.82 Å². The number of nitrogens with zero attached hydrogens (tertiary/aromatic N) is 4. The highest BCUT2D eigenvalue weighted by Crippen LogP contribution is 2.25. The molecule has 26 heavy (non-hydrogen) atoms. The largest absolute Gasteiger partial charge is 0.357 e. The second kappa shape index (κ2) is 10.3. The number of hydrogen-bond donors (Lipinski definition) is 2. The summed E-state index contributed by atoms with van der Waals surface area (Å²) in [6, 6.07) is 4.06. The van der Waals surface area contributed by atoms with Crippen LogP contribution in [0.1, 0.15) is 23.2 Å². The molecule has 1 aliphatic rings. The molecule has 2 aromatic heterocycles. The topological polar surface area (TPSA) is 65.4 Å². The summed E-state index contributed by atoms with van der Waals surface area (Å²) in [7, 11) is 0. The first-order valence-corrected chi connectivity index (χ1v) is 9.66. The lowest BCUT2D eigenvalue weighted by Gasteiger charge is -2.20. The van der Waals surface area contributed by atoms with Gasteiger partial charge in [0.1, 0.15) is 5.82 Å². The number of halogens is 2. The molecule has 0 bridgehead atoms. The minimum absolute atomic E-state index is 0. The summed E-state index contributed by atoms with van der Waals surface area (Å²) in [5, 5.41) is 8.61. The van der Waals surface area contributed by atoms with E-state index in [1.807, 2.05) is 25.3 Å². The van der Waals surface area contributed by atoms with Crippen molar-refractivity contribution in [2.24, 2.45) is 4.99 Å². The highest BCUT2D eigenvalue weighted by Gasteiger charge is 2.25. The highest BCUT2D eigenvalue weighted by molar-refractivity contribution is 14.0. The number of pyridine rings is 1. The molecule has 2 aromatic rings. The SMILES string of the molecule is CCNC(=NCc1cnc(C)s1)NC1CCN(c2ncccc2Cl)C1.I. The van der Waals surface area contributed by atoms with Crippen molar-refractivity contribution in [2.45, 2.75) is 32.9 Å². The number of aliphatic imine (C=N–C) groups is 1. The van der Waals surface area contributed by atoms with Crippen molar-refractivity contribution in [2.75, 3.05) is 24.5 Å². The van der Waals surface area contributed by atoms with Crippen LogP contribution in [-0.2, 0) is 6.54 Å². The number of aryl methyl sites for hydroxylation is 1. The van der Waals surface area contributed by atoms with Gasteiger partial charge in [-0.05, 0) is 32.4 Å². The number of thiazole rings is 1. The zero-order valence-electron chi connectivity index (χ0n) is 14.9. The zero-order valence-corrected chi connectivity index (χ0v) is 18.8. The second-order valence-electron chi connectivity index (χ2n) is 5.93. The van der Waals surface area contributed by atoms with Gasteiger partial charge in [-0.2, -0.15) is 0 Å². The molecule has 1 aliphatic heterocycles. The predicted octanol–water partition coefficient (Wildman–Crippen LogP) is 3.45. The second-order valence-corrected chi connectivity index (χ2v) is 7.65. The molecule has 3 rings (SSSR count). The molecule has 1 unspecified atom stereocenters. The van der Waals surface area contributed by atoms with E-state index in [0.29, 0.717) is 17.6 Å². The van der Waals surface area contributed by atoms with Crippen LogP contribution in [0, 0.1) is 6.92 Å². The molecule has 0 radical (unpaired) electrons. The van der Waals surface area contributed by atoms with Crippen molar-refractivity contribution in [3.8, 4) is 0 Å². The van der Waals surface area contributed by atoms with Crippen LogP contribution in [0.5, 0.6) is 0 Å². The molecular weight excluding hydrogens is 483 g/mol. The van der Waals surface area contributed by atoms with Crippen LogP contribution < -0.4 is 15.5 Å². The van der Waals surface area contributed by atoms with E-state index in [1.54, 1.807) is 17.5 Å². The molecular formula is C17H24ClIN6S. The number of guanidine groups is 1. The first-order chi connectivity index (χ1) is 12.2. The quantitative estimate of drug-likeness (QED) is 0.369. The molecule has 0 aromatic carbocycles. The van der Waals surface area contributed by atoms with Crippen molar-refractivity contribution in [1.29, 1.82) is 0 Å². The van der Waals surface area contributed by atoms with Crippen molar-refractivity contribution in [1.82, 2.24) is 20.6 Å². The van der Waals surface area contributed by atoms with Gasteiger partial charge < -0.3 is 15.5 Å². The van der Waals surface area contributed by atoms with Crippen LogP contribution in [-0.4, -0.2) is 41.6 Å². The van der Waals surface area contributed by atoms with Gasteiger partial charge in [-0.15, -0.1) is 35.3 Å². The normalized spacial score (nSPS) is 17.1. The number of anilines is 1. The third-order valence-electron chi connectivity index (χ3n) is 3.97. The van der Waals surface area contributed by atoms with Crippen LogP contribution in [0.3, 0.4) is 0 Å². The van der Waals surface area contributed by atoms with Gasteiger partial charge in [0.25, 0.3) is 0 Å². The van der Waals surface area contributed by atoms with E-state index in [1.165, 1.54) is 4.88 Å². The van der Waals surface area contributed by atoms with E-state index in [2.05, 4.69) is 37.4 Å². The van der Waals surface area contributed by atoms with E-state index in [9.17, 15) is 0 Å². The lowest BCUT2D eigenvalue weighted by molar-refractivity contribution is 0.649. The van der Waals surface area contributed by atoms with Crippen LogP contribution >= 0.6 is 46.9 Å². The molecule has 0 spiro atoms. The maximum Gasteiger partial charge on any atom is 0.191 e. The Morgan fingerprint density at radius 3 is 3.00 bits per heavy atom. The molecule has 6 nitrogen and oxygen atoms in total. The summed E-state index contributed by atoms with van der Waals surface area (Å²) in [6.45, 7) is 7.35. The van der Waals surface area contributed by atoms with Gasteiger partial charge in [0.2, 0.25) is 0 Å². The third-order valence-corrected chi connectivity index (χ3v) is 5.17. The third kappa shape index (κ3) is 5.68. The summed E-state index contributed by atoms with van der Waals surface area (Å²) < 4.78 is 0. The van der Waals surface area contributed by atoms with E-state index in [0.717, 1.165) is 42.8 Å². The molecule has 2 N–H and O–H groups in total. The maximum absolute atomic E-state index is 6.26. The van der Waals surface area contributed by atoms with Gasteiger partial charge in [0.15, 0.2) is 5.96 Å². The monoisotopic (exact) mass is 506 g/mol. The van der Waals surface area contributed by atoms with Crippen LogP contribution in [0.2, 0.25) is 5.02 Å². The molecule has 3 heterocycles. The smallest absolute Gasteiger partial charge is 0.191 e. The van der Waals surface area contributed by atoms with Crippen LogP contribution in [0.25, 0.3) is 0 Å². The molecule has 142 valence electrons. The Morgan fingerprint density at radius 2 is 2.31 bits per heavy atom. The molecule has 1 atom stereocenters. The molecule has 1 fully saturated rings. The Kier molecular flexibility index (Phi) is 8.36. The average Bonchev–Trinajstić information content (AvgIpc) is 3.22. The van der Waals surface area contributed by atoms with Crippen LogP contribution in [0.15, 0.2) is 29.5 Å². The Balaban J connectivity index is 0.00000243. The van der Waals surface area contributed by atoms with Gasteiger partial charge in [0, 0.05) is 42.9 Å². The minimum Gasteiger partial charge on any atom is -0.357 e. The Morgan fingerprint density at radius 1 is 1.46 bits per heavy atom. The van der Waals surface area contributed by atoms with Crippen molar-refractivity contribution < 1.29 is 0 Å². The summed E-state index contributed by atoms with van der Waals surface area (Å²) >= 11 is 7.95. The van der Waals surface area contributed by atoms with Crippen molar-refractivity contribution in [3.63, 3.8) is 0 Å². The fourth-order valence-electron chi connectivity index (χ4n) is 2.83. The van der Waals surface area contributed by atoms with Gasteiger partial charge in [-0.1, -0.05) is 11.6 Å². The standard InChI is InChI=1S/C17H23ClN6S.HI/c1-3-19-17(22-10-14-9-21-12(2)25-14)23-13-6-8-24(11-13)16-15(18)5-4-7-20-16;/h4-5,7,9,13H,3,6,8,10-11H2,1-2H3,(H2,19,22,23);1H. The summed E-state index contributed by atoms with van der Waals surface area (Å²) in [6.07, 6.45) is 4.70. The highest BCUT2D eigenvalue weighted by atomic mass is 127. The number of aromatic nitrogens is 2. The van der Waals surface area contributed by atoms with E-state index < -0.39 is 0 Å². The number of hydrogen-bond acceptors (Lipinski definition) is 5. The minimum atomic E-state index is 0. The van der Waals surface area contributed by atoms with Gasteiger partial charge in [-0.25, -0.2) is 15.0 Å². The average molecular weight is 507 g/mol. The van der Waals surface area contributed by atoms with Gasteiger partial charge in [0.05, 0.1) is 16.6 Å². The van der Waals surface area contributed by atoms with E-state index in [-0.39, 0.29) is 24.0 Å². The summed E-state index contributed by atoms with van der Waals surface area (Å²) in [5.41, 5.74) is 0. The lowest BCUT2D eigenvalue weighted by atomic mass is 10.3. The Hall–Kier alpha value is -1.13. The first kappa shape index (κ1) is 21.2. The Bertz CT molecular complexity index is 738.